The standard InChI is InChI=1S/C14H24N2/c1-12(13-7-4-3-5-8-13)15-11-14-9-6-10-16(14)2/h6,9-10,12-13,15H,3-5,7-8,11H2,1-2H3/t12-/m1/s1. The normalized spacial score (nSPS) is 19.9. The van der Waals surface area contributed by atoms with E-state index in [1.165, 1.54) is 37.8 Å². The number of nitrogens with one attached hydrogen (secondary N) is 1. The molecule has 1 saturated carbocycles. The van der Waals surface area contributed by atoms with Crippen LogP contribution in [0.3, 0.4) is 0 Å². The van der Waals surface area contributed by atoms with Gasteiger partial charge < -0.3 is 9.88 Å². The first-order valence-corrected chi connectivity index (χ1v) is 6.61. The van der Waals surface area contributed by atoms with Crippen molar-refractivity contribution in [2.24, 2.45) is 13.0 Å². The lowest BCUT2D eigenvalue weighted by atomic mass is 9.84. The molecule has 2 heteroatoms. The van der Waals surface area contributed by atoms with E-state index in [0.717, 1.165) is 12.5 Å². The van der Waals surface area contributed by atoms with Gasteiger partial charge in [-0.2, -0.15) is 0 Å². The molecule has 16 heavy (non-hydrogen) atoms. The van der Waals surface area contributed by atoms with Gasteiger partial charge in [-0.1, -0.05) is 19.3 Å². The minimum absolute atomic E-state index is 0.662. The quantitative estimate of drug-likeness (QED) is 0.825. The number of aromatic nitrogens is 1. The first-order valence-electron chi connectivity index (χ1n) is 6.61. The largest absolute Gasteiger partial charge is 0.353 e. The summed E-state index contributed by atoms with van der Waals surface area (Å²) < 4.78 is 2.20. The van der Waals surface area contributed by atoms with Crippen LogP contribution in [-0.4, -0.2) is 10.6 Å². The number of hydrogen-bond donors (Lipinski definition) is 1. The smallest absolute Gasteiger partial charge is 0.0361 e. The fraction of sp³-hybridized carbons (Fsp3) is 0.714. The summed E-state index contributed by atoms with van der Waals surface area (Å²) in [4.78, 5) is 0. The Bertz CT molecular complexity index is 310. The summed E-state index contributed by atoms with van der Waals surface area (Å²) in [6.45, 7) is 3.35. The van der Waals surface area contributed by atoms with Crippen molar-refractivity contribution in [3.05, 3.63) is 24.0 Å². The molecule has 0 saturated heterocycles. The van der Waals surface area contributed by atoms with Gasteiger partial charge >= 0.3 is 0 Å². The summed E-state index contributed by atoms with van der Waals surface area (Å²) in [6, 6.07) is 4.97. The summed E-state index contributed by atoms with van der Waals surface area (Å²) >= 11 is 0. The van der Waals surface area contributed by atoms with Crippen molar-refractivity contribution in [2.45, 2.75) is 51.6 Å². The summed E-state index contributed by atoms with van der Waals surface area (Å²) in [5.41, 5.74) is 1.38. The highest BCUT2D eigenvalue weighted by Crippen LogP contribution is 2.26. The predicted octanol–water partition coefficient (Wildman–Crippen LogP) is 3.08. The Morgan fingerprint density at radius 3 is 2.75 bits per heavy atom. The number of aryl methyl sites for hydroxylation is 1. The van der Waals surface area contributed by atoms with Gasteiger partial charge in [0.05, 0.1) is 0 Å². The molecule has 2 rings (SSSR count). The van der Waals surface area contributed by atoms with E-state index in [2.05, 4.69) is 42.2 Å². The topological polar surface area (TPSA) is 17.0 Å². The number of nitrogens with zero attached hydrogens (tertiary/aromatic N) is 1. The van der Waals surface area contributed by atoms with Gasteiger partial charge in [0.25, 0.3) is 0 Å². The highest BCUT2D eigenvalue weighted by atomic mass is 15.0. The third-order valence-electron chi connectivity index (χ3n) is 4.01. The van der Waals surface area contributed by atoms with Crippen molar-refractivity contribution in [1.29, 1.82) is 0 Å². The average molecular weight is 220 g/mol. The van der Waals surface area contributed by atoms with Crippen LogP contribution in [0.4, 0.5) is 0 Å². The van der Waals surface area contributed by atoms with Gasteiger partial charge in [0, 0.05) is 31.5 Å². The van der Waals surface area contributed by atoms with Crippen LogP contribution in [0.2, 0.25) is 0 Å². The molecule has 1 heterocycles. The highest BCUT2D eigenvalue weighted by molar-refractivity contribution is 5.06. The van der Waals surface area contributed by atoms with Gasteiger partial charge in [-0.25, -0.2) is 0 Å². The zero-order valence-electron chi connectivity index (χ0n) is 10.6. The van der Waals surface area contributed by atoms with Gasteiger partial charge in [-0.3, -0.25) is 0 Å². The van der Waals surface area contributed by atoms with E-state index in [9.17, 15) is 0 Å². The first kappa shape index (κ1) is 11.7. The molecular formula is C14H24N2. The minimum Gasteiger partial charge on any atom is -0.353 e. The maximum Gasteiger partial charge on any atom is 0.0361 e. The van der Waals surface area contributed by atoms with Crippen LogP contribution in [0.25, 0.3) is 0 Å². The highest BCUT2D eigenvalue weighted by Gasteiger charge is 2.19. The van der Waals surface area contributed by atoms with Crippen LogP contribution in [-0.2, 0) is 13.6 Å². The molecule has 0 aromatic carbocycles. The van der Waals surface area contributed by atoms with Crippen molar-refractivity contribution >= 4 is 0 Å². The molecule has 1 aromatic rings. The van der Waals surface area contributed by atoms with E-state index in [1.807, 2.05) is 0 Å². The lowest BCUT2D eigenvalue weighted by Gasteiger charge is -2.28. The Kier molecular flexibility index (Phi) is 4.05. The molecule has 1 N–H and O–H groups in total. The molecule has 1 aliphatic carbocycles. The molecule has 0 radical (unpaired) electrons. The molecule has 0 unspecified atom stereocenters. The van der Waals surface area contributed by atoms with E-state index in [1.54, 1.807) is 0 Å². The van der Waals surface area contributed by atoms with E-state index in [4.69, 9.17) is 0 Å². The van der Waals surface area contributed by atoms with Crippen molar-refractivity contribution in [1.82, 2.24) is 9.88 Å². The lowest BCUT2D eigenvalue weighted by molar-refractivity contribution is 0.279. The van der Waals surface area contributed by atoms with E-state index >= 15 is 0 Å². The van der Waals surface area contributed by atoms with Gasteiger partial charge in [0.1, 0.15) is 0 Å². The minimum atomic E-state index is 0.662. The van der Waals surface area contributed by atoms with Crippen LogP contribution in [0.1, 0.15) is 44.7 Å². The first-order chi connectivity index (χ1) is 7.77. The number of hydrogen-bond acceptors (Lipinski definition) is 1. The molecular weight excluding hydrogens is 196 g/mol. The molecule has 1 fully saturated rings. The number of rotatable bonds is 4. The monoisotopic (exact) mass is 220 g/mol. The second-order valence-corrected chi connectivity index (χ2v) is 5.18. The molecule has 1 aliphatic rings. The molecule has 1 atom stereocenters. The second kappa shape index (κ2) is 5.53. The molecule has 90 valence electrons. The average Bonchev–Trinajstić information content (AvgIpc) is 2.73. The van der Waals surface area contributed by atoms with Crippen molar-refractivity contribution < 1.29 is 0 Å². The summed E-state index contributed by atoms with van der Waals surface area (Å²) in [5.74, 6) is 0.897. The summed E-state index contributed by atoms with van der Waals surface area (Å²) in [7, 11) is 2.11. The van der Waals surface area contributed by atoms with Crippen LogP contribution < -0.4 is 5.32 Å². The van der Waals surface area contributed by atoms with Crippen molar-refractivity contribution in [3.8, 4) is 0 Å². The molecule has 0 aliphatic heterocycles. The summed E-state index contributed by atoms with van der Waals surface area (Å²) in [5, 5.41) is 3.67. The zero-order chi connectivity index (χ0) is 11.4. The molecule has 0 spiro atoms. The molecule has 0 bridgehead atoms. The van der Waals surface area contributed by atoms with Crippen LogP contribution >= 0.6 is 0 Å². The maximum absolute atomic E-state index is 3.67. The Morgan fingerprint density at radius 2 is 2.12 bits per heavy atom. The Morgan fingerprint density at radius 1 is 1.38 bits per heavy atom. The van der Waals surface area contributed by atoms with Crippen LogP contribution in [0.15, 0.2) is 18.3 Å². The SMILES string of the molecule is C[C@@H](NCc1cccn1C)C1CCCCC1. The fourth-order valence-corrected chi connectivity index (χ4v) is 2.75. The predicted molar refractivity (Wildman–Crippen MR) is 68.3 cm³/mol. The van der Waals surface area contributed by atoms with E-state index in [0.29, 0.717) is 6.04 Å². The van der Waals surface area contributed by atoms with Gasteiger partial charge in [-0.15, -0.1) is 0 Å². The third-order valence-corrected chi connectivity index (χ3v) is 4.01. The lowest BCUT2D eigenvalue weighted by Crippen LogP contribution is -2.34. The van der Waals surface area contributed by atoms with Gasteiger partial charge in [0.15, 0.2) is 0 Å². The van der Waals surface area contributed by atoms with Gasteiger partial charge in [-0.05, 0) is 37.8 Å². The molecule has 1 aromatic heterocycles. The van der Waals surface area contributed by atoms with E-state index < -0.39 is 0 Å². The molecule has 0 amide bonds. The van der Waals surface area contributed by atoms with Crippen LogP contribution in [0, 0.1) is 5.92 Å². The maximum atomic E-state index is 3.67. The second-order valence-electron chi connectivity index (χ2n) is 5.18. The van der Waals surface area contributed by atoms with Crippen molar-refractivity contribution in [3.63, 3.8) is 0 Å². The Labute approximate surface area is 99.0 Å². The Hall–Kier alpha value is -0.760. The van der Waals surface area contributed by atoms with Gasteiger partial charge in [0.2, 0.25) is 0 Å². The Balaban J connectivity index is 1.78. The van der Waals surface area contributed by atoms with Crippen molar-refractivity contribution in [2.75, 3.05) is 0 Å². The van der Waals surface area contributed by atoms with E-state index in [-0.39, 0.29) is 0 Å². The summed E-state index contributed by atoms with van der Waals surface area (Å²) in [6.07, 6.45) is 9.26. The van der Waals surface area contributed by atoms with Crippen LogP contribution in [0.5, 0.6) is 0 Å². The fourth-order valence-electron chi connectivity index (χ4n) is 2.75. The zero-order valence-corrected chi connectivity index (χ0v) is 10.6. The third kappa shape index (κ3) is 2.88. The molecule has 2 nitrogen and oxygen atoms in total.